The molecule has 0 unspecified atom stereocenters. The molecule has 0 aliphatic heterocycles. The molecule has 32 heavy (non-hydrogen) atoms. The lowest BCUT2D eigenvalue weighted by Gasteiger charge is -2.12. The Morgan fingerprint density at radius 1 is 0.875 bits per heavy atom. The summed E-state index contributed by atoms with van der Waals surface area (Å²) in [5.41, 5.74) is 4.17. The molecule has 0 aliphatic rings. The summed E-state index contributed by atoms with van der Waals surface area (Å²) in [7, 11) is 3.29. The first-order valence-electron chi connectivity index (χ1n) is 10.4. The second kappa shape index (κ2) is 8.23. The van der Waals surface area contributed by atoms with E-state index in [9.17, 15) is 4.79 Å². The molecular formula is C26H23N3O3. The summed E-state index contributed by atoms with van der Waals surface area (Å²) in [6.45, 7) is 0.920. The fourth-order valence-electron chi connectivity index (χ4n) is 4.20. The predicted octanol–water partition coefficient (Wildman–Crippen LogP) is 4.47. The van der Waals surface area contributed by atoms with Crippen molar-refractivity contribution >= 4 is 21.9 Å². The molecule has 0 spiro atoms. The average molecular weight is 425 g/mol. The summed E-state index contributed by atoms with van der Waals surface area (Å²) in [4.78, 5) is 18.4. The van der Waals surface area contributed by atoms with E-state index in [1.54, 1.807) is 25.1 Å². The zero-order valence-corrected chi connectivity index (χ0v) is 18.0. The molecule has 5 aromatic rings. The van der Waals surface area contributed by atoms with E-state index >= 15 is 0 Å². The fourth-order valence-corrected chi connectivity index (χ4v) is 4.20. The van der Waals surface area contributed by atoms with Crippen molar-refractivity contribution in [3.63, 3.8) is 0 Å². The van der Waals surface area contributed by atoms with Crippen LogP contribution in [0.25, 0.3) is 21.9 Å². The Labute approximate surface area is 185 Å². The highest BCUT2D eigenvalue weighted by atomic mass is 16.5. The summed E-state index contributed by atoms with van der Waals surface area (Å²) >= 11 is 0. The first kappa shape index (κ1) is 19.9. The molecule has 2 heterocycles. The SMILES string of the molecule is COc1cccc(Cn2c3ccccc3c3ncn(Cc4ccccc4OC)c(=O)c32)c1. The third-order valence-electron chi connectivity index (χ3n) is 5.74. The second-order valence-electron chi connectivity index (χ2n) is 7.64. The van der Waals surface area contributed by atoms with Gasteiger partial charge in [-0.3, -0.25) is 9.36 Å². The van der Waals surface area contributed by atoms with Crippen molar-refractivity contribution in [1.29, 1.82) is 0 Å². The summed E-state index contributed by atoms with van der Waals surface area (Å²) < 4.78 is 14.5. The Kier molecular flexibility index (Phi) is 5.11. The third kappa shape index (κ3) is 3.39. The molecule has 0 saturated carbocycles. The number of ether oxygens (including phenoxy) is 2. The molecule has 0 fully saturated rings. The van der Waals surface area contributed by atoms with Crippen LogP contribution in [0.2, 0.25) is 0 Å². The van der Waals surface area contributed by atoms with Crippen LogP contribution in [0.5, 0.6) is 11.5 Å². The number of rotatable bonds is 6. The Balaban J connectivity index is 1.69. The van der Waals surface area contributed by atoms with Crippen LogP contribution in [-0.2, 0) is 13.1 Å². The molecule has 0 radical (unpaired) electrons. The Hall–Kier alpha value is -4.06. The zero-order chi connectivity index (χ0) is 22.1. The number of aromatic nitrogens is 3. The normalized spacial score (nSPS) is 11.2. The van der Waals surface area contributed by atoms with Crippen LogP contribution in [0.15, 0.2) is 83.9 Å². The first-order chi connectivity index (χ1) is 15.7. The van der Waals surface area contributed by atoms with Crippen LogP contribution in [0, 0.1) is 0 Å². The minimum atomic E-state index is -0.0833. The van der Waals surface area contributed by atoms with Crippen molar-refractivity contribution in [3.05, 3.63) is 101 Å². The first-order valence-corrected chi connectivity index (χ1v) is 10.4. The minimum absolute atomic E-state index is 0.0833. The maximum Gasteiger partial charge on any atom is 0.278 e. The number of para-hydroxylation sites is 2. The van der Waals surface area contributed by atoms with Gasteiger partial charge in [0.05, 0.1) is 32.6 Å². The van der Waals surface area contributed by atoms with E-state index < -0.39 is 0 Å². The lowest BCUT2D eigenvalue weighted by Crippen LogP contribution is -2.23. The van der Waals surface area contributed by atoms with Crippen LogP contribution in [0.4, 0.5) is 0 Å². The van der Waals surface area contributed by atoms with Gasteiger partial charge in [-0.15, -0.1) is 0 Å². The second-order valence-corrected chi connectivity index (χ2v) is 7.64. The molecule has 5 rings (SSSR count). The highest BCUT2D eigenvalue weighted by Crippen LogP contribution is 2.27. The number of fused-ring (bicyclic) bond motifs is 3. The summed E-state index contributed by atoms with van der Waals surface area (Å²) in [5.74, 6) is 1.53. The Morgan fingerprint density at radius 2 is 1.69 bits per heavy atom. The lowest BCUT2D eigenvalue weighted by atomic mass is 10.2. The molecule has 0 saturated heterocycles. The van der Waals surface area contributed by atoms with Gasteiger partial charge in [-0.1, -0.05) is 48.5 Å². The van der Waals surface area contributed by atoms with Gasteiger partial charge in [0.1, 0.15) is 22.5 Å². The van der Waals surface area contributed by atoms with Gasteiger partial charge in [0, 0.05) is 17.5 Å². The van der Waals surface area contributed by atoms with Gasteiger partial charge in [-0.25, -0.2) is 4.98 Å². The molecule has 6 nitrogen and oxygen atoms in total. The van der Waals surface area contributed by atoms with Crippen LogP contribution in [0.1, 0.15) is 11.1 Å². The summed E-state index contributed by atoms with van der Waals surface area (Å²) in [5, 5.41) is 0.965. The van der Waals surface area contributed by atoms with Crippen LogP contribution in [-0.4, -0.2) is 28.3 Å². The van der Waals surface area contributed by atoms with Crippen LogP contribution >= 0.6 is 0 Å². The number of benzene rings is 3. The van der Waals surface area contributed by atoms with Gasteiger partial charge >= 0.3 is 0 Å². The van der Waals surface area contributed by atoms with Crippen molar-refractivity contribution in [2.75, 3.05) is 14.2 Å². The summed E-state index contributed by atoms with van der Waals surface area (Å²) in [6.07, 6.45) is 1.62. The molecule has 0 bridgehead atoms. The van der Waals surface area contributed by atoms with Crippen molar-refractivity contribution in [1.82, 2.24) is 14.1 Å². The molecule has 2 aromatic heterocycles. The maximum absolute atomic E-state index is 13.7. The third-order valence-corrected chi connectivity index (χ3v) is 5.74. The number of hydrogen-bond acceptors (Lipinski definition) is 4. The molecule has 0 atom stereocenters. The molecule has 6 heteroatoms. The number of methoxy groups -OCH3 is 2. The van der Waals surface area contributed by atoms with Gasteiger partial charge in [-0.2, -0.15) is 0 Å². The maximum atomic E-state index is 13.7. The largest absolute Gasteiger partial charge is 0.497 e. The topological polar surface area (TPSA) is 58.3 Å². The Morgan fingerprint density at radius 3 is 2.53 bits per heavy atom. The van der Waals surface area contributed by atoms with Crippen molar-refractivity contribution in [3.8, 4) is 11.5 Å². The van der Waals surface area contributed by atoms with Crippen molar-refractivity contribution < 1.29 is 9.47 Å². The highest BCUT2D eigenvalue weighted by molar-refractivity contribution is 6.05. The zero-order valence-electron chi connectivity index (χ0n) is 18.0. The van der Waals surface area contributed by atoms with Gasteiger partial charge in [0.2, 0.25) is 0 Å². The van der Waals surface area contributed by atoms with E-state index in [1.165, 1.54) is 0 Å². The molecule has 0 aliphatic carbocycles. The lowest BCUT2D eigenvalue weighted by molar-refractivity contribution is 0.408. The van der Waals surface area contributed by atoms with E-state index in [-0.39, 0.29) is 5.56 Å². The van der Waals surface area contributed by atoms with Gasteiger partial charge in [-0.05, 0) is 29.8 Å². The standard InChI is InChI=1S/C26H23N3O3/c1-31-20-10-7-8-18(14-20)15-29-22-12-5-4-11-21(22)24-25(29)26(30)28(17-27-24)16-19-9-3-6-13-23(19)32-2/h3-14,17H,15-16H2,1-2H3. The smallest absolute Gasteiger partial charge is 0.278 e. The van der Waals surface area contributed by atoms with E-state index in [4.69, 9.17) is 14.5 Å². The van der Waals surface area contributed by atoms with Crippen molar-refractivity contribution in [2.45, 2.75) is 13.1 Å². The number of hydrogen-bond donors (Lipinski definition) is 0. The van der Waals surface area contributed by atoms with E-state index in [1.807, 2.05) is 77.4 Å². The average Bonchev–Trinajstić information content (AvgIpc) is 3.15. The molecule has 160 valence electrons. The monoisotopic (exact) mass is 425 g/mol. The molecule has 3 aromatic carbocycles. The minimum Gasteiger partial charge on any atom is -0.497 e. The van der Waals surface area contributed by atoms with E-state index in [0.717, 1.165) is 33.5 Å². The van der Waals surface area contributed by atoms with Crippen LogP contribution < -0.4 is 15.0 Å². The molecule has 0 amide bonds. The fraction of sp³-hybridized carbons (Fsp3) is 0.154. The van der Waals surface area contributed by atoms with Gasteiger partial charge in [0.25, 0.3) is 5.56 Å². The quantitative estimate of drug-likeness (QED) is 0.403. The molecular weight excluding hydrogens is 402 g/mol. The van der Waals surface area contributed by atoms with Gasteiger partial charge in [0.15, 0.2) is 0 Å². The van der Waals surface area contributed by atoms with E-state index in [2.05, 4.69) is 0 Å². The highest BCUT2D eigenvalue weighted by Gasteiger charge is 2.17. The summed E-state index contributed by atoms with van der Waals surface area (Å²) in [6, 6.07) is 23.6. The van der Waals surface area contributed by atoms with E-state index in [0.29, 0.717) is 24.1 Å². The number of nitrogens with zero attached hydrogens (tertiary/aromatic N) is 3. The molecule has 0 N–H and O–H groups in total. The Bertz CT molecular complexity index is 1480. The predicted molar refractivity (Wildman–Crippen MR) is 126 cm³/mol. The van der Waals surface area contributed by atoms with Crippen LogP contribution in [0.3, 0.4) is 0 Å². The van der Waals surface area contributed by atoms with Crippen molar-refractivity contribution in [2.24, 2.45) is 0 Å². The van der Waals surface area contributed by atoms with Gasteiger partial charge < -0.3 is 14.0 Å².